The summed E-state index contributed by atoms with van der Waals surface area (Å²) < 4.78 is 5.08. The van der Waals surface area contributed by atoms with E-state index < -0.39 is 0 Å². The third-order valence-corrected chi connectivity index (χ3v) is 2.73. The van der Waals surface area contributed by atoms with Gasteiger partial charge in [0.25, 0.3) is 0 Å². The monoisotopic (exact) mass is 243 g/mol. The van der Waals surface area contributed by atoms with E-state index in [4.69, 9.17) is 21.4 Å². The van der Waals surface area contributed by atoms with Crippen molar-refractivity contribution in [2.24, 2.45) is 0 Å². The Labute approximate surface area is 101 Å². The van der Waals surface area contributed by atoms with Gasteiger partial charge in [0.05, 0.1) is 12.1 Å². The number of hydrogen-bond acceptors (Lipinski definition) is 3. The average molecular weight is 244 g/mol. The van der Waals surface area contributed by atoms with Gasteiger partial charge in [0.1, 0.15) is 5.75 Å². The van der Waals surface area contributed by atoms with Crippen LogP contribution in [0.5, 0.6) is 5.75 Å². The van der Waals surface area contributed by atoms with Crippen LogP contribution < -0.4 is 10.1 Å². The minimum Gasteiger partial charge on any atom is -0.495 e. The second kappa shape index (κ2) is 6.74. The van der Waals surface area contributed by atoms with Crippen molar-refractivity contribution in [2.75, 3.05) is 13.7 Å². The first-order valence-corrected chi connectivity index (χ1v) is 5.71. The lowest BCUT2D eigenvalue weighted by Crippen LogP contribution is -2.26. The highest BCUT2D eigenvalue weighted by Crippen LogP contribution is 2.24. The summed E-state index contributed by atoms with van der Waals surface area (Å²) in [5, 5.41) is 12.7. The lowest BCUT2D eigenvalue weighted by atomic mass is 10.2. The molecule has 0 aliphatic heterocycles. The average Bonchev–Trinajstić information content (AvgIpc) is 2.27. The van der Waals surface area contributed by atoms with E-state index >= 15 is 0 Å². The minimum atomic E-state index is 0.206. The molecule has 2 N–H and O–H groups in total. The maximum Gasteiger partial charge on any atom is 0.137 e. The van der Waals surface area contributed by atoms with Gasteiger partial charge in [0.2, 0.25) is 0 Å². The highest BCUT2D eigenvalue weighted by Gasteiger charge is 2.03. The van der Waals surface area contributed by atoms with Gasteiger partial charge in [-0.25, -0.2) is 0 Å². The van der Waals surface area contributed by atoms with Crippen LogP contribution in [0.3, 0.4) is 0 Å². The number of aliphatic hydroxyl groups excluding tert-OH is 1. The van der Waals surface area contributed by atoms with Crippen LogP contribution >= 0.6 is 11.6 Å². The summed E-state index contributed by atoms with van der Waals surface area (Å²) in [7, 11) is 1.60. The molecular formula is C12H18ClNO2. The molecule has 16 heavy (non-hydrogen) atoms. The summed E-state index contributed by atoms with van der Waals surface area (Å²) in [5.74, 6) is 0.689. The van der Waals surface area contributed by atoms with E-state index in [9.17, 15) is 0 Å². The lowest BCUT2D eigenvalue weighted by Gasteiger charge is -2.13. The van der Waals surface area contributed by atoms with Crippen LogP contribution in [0.2, 0.25) is 5.02 Å². The van der Waals surface area contributed by atoms with Gasteiger partial charge >= 0.3 is 0 Å². The molecule has 0 fully saturated rings. The molecule has 3 nitrogen and oxygen atoms in total. The van der Waals surface area contributed by atoms with E-state index in [0.717, 1.165) is 18.5 Å². The summed E-state index contributed by atoms with van der Waals surface area (Å²) in [4.78, 5) is 0. The first-order valence-electron chi connectivity index (χ1n) is 5.34. The molecule has 90 valence electrons. The Morgan fingerprint density at radius 1 is 1.50 bits per heavy atom. The maximum absolute atomic E-state index is 8.77. The summed E-state index contributed by atoms with van der Waals surface area (Å²) in [6, 6.07) is 6.02. The molecule has 0 heterocycles. The van der Waals surface area contributed by atoms with Crippen molar-refractivity contribution in [3.05, 3.63) is 28.8 Å². The Balaban J connectivity index is 2.51. The maximum atomic E-state index is 8.77. The van der Waals surface area contributed by atoms with Crippen molar-refractivity contribution in [1.29, 1.82) is 0 Å². The second-order valence-electron chi connectivity index (χ2n) is 3.76. The molecule has 0 saturated heterocycles. The van der Waals surface area contributed by atoms with E-state index in [1.807, 2.05) is 25.1 Å². The molecule has 4 heteroatoms. The van der Waals surface area contributed by atoms with Gasteiger partial charge in [0, 0.05) is 19.2 Å². The summed E-state index contributed by atoms with van der Waals surface area (Å²) in [5.41, 5.74) is 1.11. The minimum absolute atomic E-state index is 0.206. The normalized spacial score (nSPS) is 12.5. The summed E-state index contributed by atoms with van der Waals surface area (Å²) in [6.45, 7) is 2.99. The Morgan fingerprint density at radius 3 is 2.81 bits per heavy atom. The third kappa shape index (κ3) is 4.00. The molecule has 0 aromatic heterocycles. The van der Waals surface area contributed by atoms with Gasteiger partial charge in [-0.15, -0.1) is 0 Å². The highest BCUT2D eigenvalue weighted by molar-refractivity contribution is 6.32. The van der Waals surface area contributed by atoms with E-state index in [1.54, 1.807) is 7.11 Å². The Hall–Kier alpha value is -0.770. The lowest BCUT2D eigenvalue weighted by molar-refractivity contribution is 0.268. The van der Waals surface area contributed by atoms with Crippen molar-refractivity contribution in [1.82, 2.24) is 5.32 Å². The zero-order chi connectivity index (χ0) is 12.0. The molecular weight excluding hydrogens is 226 g/mol. The van der Waals surface area contributed by atoms with Crippen molar-refractivity contribution in [3.8, 4) is 5.75 Å². The molecule has 1 aromatic carbocycles. The first-order chi connectivity index (χ1) is 7.67. The first kappa shape index (κ1) is 13.3. The van der Waals surface area contributed by atoms with Crippen LogP contribution in [0, 0.1) is 0 Å². The standard InChI is InChI=1S/C12H18ClNO2/c1-9(5-6-15)14-8-10-3-4-12(16-2)11(13)7-10/h3-4,7,9,14-15H,5-6,8H2,1-2H3. The smallest absolute Gasteiger partial charge is 0.137 e. The van der Waals surface area contributed by atoms with Gasteiger partial charge in [-0.3, -0.25) is 0 Å². The van der Waals surface area contributed by atoms with Crippen LogP contribution in [0.4, 0.5) is 0 Å². The third-order valence-electron chi connectivity index (χ3n) is 2.43. The summed E-state index contributed by atoms with van der Waals surface area (Å²) >= 11 is 6.01. The molecule has 1 unspecified atom stereocenters. The number of benzene rings is 1. The van der Waals surface area contributed by atoms with E-state index in [-0.39, 0.29) is 6.61 Å². The van der Waals surface area contributed by atoms with Gasteiger partial charge in [0.15, 0.2) is 0 Å². The molecule has 0 bridgehead atoms. The number of nitrogens with one attached hydrogen (secondary N) is 1. The molecule has 1 aromatic rings. The Bertz CT molecular complexity index is 331. The zero-order valence-electron chi connectivity index (χ0n) is 9.66. The topological polar surface area (TPSA) is 41.5 Å². The van der Waals surface area contributed by atoms with Crippen LogP contribution in [0.1, 0.15) is 18.9 Å². The molecule has 1 atom stereocenters. The number of ether oxygens (including phenoxy) is 1. The fourth-order valence-corrected chi connectivity index (χ4v) is 1.69. The van der Waals surface area contributed by atoms with Crippen LogP contribution in [0.25, 0.3) is 0 Å². The predicted octanol–water partition coefficient (Wildman–Crippen LogP) is 2.21. The van der Waals surface area contributed by atoms with Gasteiger partial charge in [-0.1, -0.05) is 17.7 Å². The zero-order valence-corrected chi connectivity index (χ0v) is 10.4. The van der Waals surface area contributed by atoms with Crippen molar-refractivity contribution < 1.29 is 9.84 Å². The number of aliphatic hydroxyl groups is 1. The molecule has 0 radical (unpaired) electrons. The fraction of sp³-hybridized carbons (Fsp3) is 0.500. The fourth-order valence-electron chi connectivity index (χ4n) is 1.41. The number of rotatable bonds is 6. The molecule has 1 rings (SSSR count). The highest BCUT2D eigenvalue weighted by atomic mass is 35.5. The van der Waals surface area contributed by atoms with E-state index in [1.165, 1.54) is 0 Å². The van der Waals surface area contributed by atoms with Gasteiger partial charge in [-0.05, 0) is 31.0 Å². The predicted molar refractivity (Wildman–Crippen MR) is 66.0 cm³/mol. The molecule has 0 amide bonds. The number of methoxy groups -OCH3 is 1. The largest absolute Gasteiger partial charge is 0.495 e. The van der Waals surface area contributed by atoms with Crippen LogP contribution in [-0.4, -0.2) is 24.9 Å². The van der Waals surface area contributed by atoms with Gasteiger partial charge < -0.3 is 15.2 Å². The number of halogens is 1. The van der Waals surface area contributed by atoms with Crippen LogP contribution in [0.15, 0.2) is 18.2 Å². The SMILES string of the molecule is COc1ccc(CNC(C)CCO)cc1Cl. The number of hydrogen-bond donors (Lipinski definition) is 2. The van der Waals surface area contributed by atoms with Crippen molar-refractivity contribution in [3.63, 3.8) is 0 Å². The Morgan fingerprint density at radius 2 is 2.25 bits per heavy atom. The molecule has 0 spiro atoms. The summed E-state index contributed by atoms with van der Waals surface area (Å²) in [6.07, 6.45) is 0.754. The quantitative estimate of drug-likeness (QED) is 0.805. The molecule has 0 saturated carbocycles. The Kier molecular flexibility index (Phi) is 5.60. The van der Waals surface area contributed by atoms with Crippen molar-refractivity contribution >= 4 is 11.6 Å². The molecule has 0 aliphatic rings. The second-order valence-corrected chi connectivity index (χ2v) is 4.17. The van der Waals surface area contributed by atoms with Crippen LogP contribution in [-0.2, 0) is 6.54 Å². The van der Waals surface area contributed by atoms with Crippen molar-refractivity contribution in [2.45, 2.75) is 25.9 Å². The van der Waals surface area contributed by atoms with Gasteiger partial charge in [-0.2, -0.15) is 0 Å². The molecule has 0 aliphatic carbocycles. The van der Waals surface area contributed by atoms with E-state index in [2.05, 4.69) is 5.32 Å². The van der Waals surface area contributed by atoms with E-state index in [0.29, 0.717) is 16.8 Å².